The molecular weight excluding hydrogens is 384 g/mol. The van der Waals surface area contributed by atoms with Crippen LogP contribution in [0.15, 0.2) is 71.2 Å². The SMILES string of the molecule is CCN1c2ccccc2C(c2ccc(N(C)C)c(Br)c2)c2ccccc21. The summed E-state index contributed by atoms with van der Waals surface area (Å²) in [6.07, 6.45) is 0. The Balaban J connectivity index is 1.94. The number of halogens is 1. The number of para-hydroxylation sites is 2. The molecule has 0 fully saturated rings. The number of rotatable bonds is 3. The minimum atomic E-state index is 0.248. The van der Waals surface area contributed by atoms with Gasteiger partial charge >= 0.3 is 0 Å². The average molecular weight is 407 g/mol. The maximum Gasteiger partial charge on any atom is 0.0505 e. The third-order valence-electron chi connectivity index (χ3n) is 5.18. The van der Waals surface area contributed by atoms with Crippen LogP contribution in [0.1, 0.15) is 29.5 Å². The molecule has 0 saturated heterocycles. The third kappa shape index (κ3) is 2.71. The highest BCUT2D eigenvalue weighted by atomic mass is 79.9. The van der Waals surface area contributed by atoms with Crippen molar-refractivity contribution in [2.75, 3.05) is 30.4 Å². The molecule has 3 aromatic rings. The minimum absolute atomic E-state index is 0.248. The Hall–Kier alpha value is -2.26. The summed E-state index contributed by atoms with van der Waals surface area (Å²) < 4.78 is 1.13. The molecule has 0 bridgehead atoms. The first-order valence-electron chi connectivity index (χ1n) is 9.04. The van der Waals surface area contributed by atoms with Gasteiger partial charge in [0.15, 0.2) is 0 Å². The summed E-state index contributed by atoms with van der Waals surface area (Å²) in [5, 5.41) is 0. The van der Waals surface area contributed by atoms with Gasteiger partial charge < -0.3 is 9.80 Å². The Labute approximate surface area is 164 Å². The molecule has 0 saturated carbocycles. The van der Waals surface area contributed by atoms with Gasteiger partial charge in [-0.3, -0.25) is 0 Å². The summed E-state index contributed by atoms with van der Waals surface area (Å²) >= 11 is 3.77. The minimum Gasteiger partial charge on any atom is -0.377 e. The smallest absolute Gasteiger partial charge is 0.0505 e. The molecule has 0 N–H and O–H groups in total. The van der Waals surface area contributed by atoms with Gasteiger partial charge in [-0.1, -0.05) is 42.5 Å². The largest absolute Gasteiger partial charge is 0.377 e. The molecule has 1 aliphatic heterocycles. The van der Waals surface area contributed by atoms with E-state index in [2.05, 4.69) is 113 Å². The van der Waals surface area contributed by atoms with Crippen molar-refractivity contribution in [1.29, 1.82) is 0 Å². The molecule has 4 rings (SSSR count). The van der Waals surface area contributed by atoms with E-state index in [0.29, 0.717) is 0 Å². The monoisotopic (exact) mass is 406 g/mol. The highest BCUT2D eigenvalue weighted by Crippen LogP contribution is 2.48. The van der Waals surface area contributed by atoms with Crippen molar-refractivity contribution < 1.29 is 0 Å². The van der Waals surface area contributed by atoms with E-state index in [1.807, 2.05) is 0 Å². The van der Waals surface area contributed by atoms with Gasteiger partial charge in [0.2, 0.25) is 0 Å². The summed E-state index contributed by atoms with van der Waals surface area (Å²) in [4.78, 5) is 4.56. The van der Waals surface area contributed by atoms with Crippen LogP contribution < -0.4 is 9.80 Å². The molecule has 0 aromatic heterocycles. The molecule has 0 atom stereocenters. The fourth-order valence-corrected chi connectivity index (χ4v) is 4.77. The van der Waals surface area contributed by atoms with E-state index in [9.17, 15) is 0 Å². The highest BCUT2D eigenvalue weighted by Gasteiger charge is 2.30. The Kier molecular flexibility index (Phi) is 4.49. The molecule has 3 aromatic carbocycles. The van der Waals surface area contributed by atoms with E-state index in [-0.39, 0.29) is 5.92 Å². The molecule has 1 aliphatic rings. The van der Waals surface area contributed by atoms with Gasteiger partial charge in [0.05, 0.1) is 5.69 Å². The van der Waals surface area contributed by atoms with Crippen LogP contribution in [0.4, 0.5) is 17.1 Å². The molecule has 0 amide bonds. The molecule has 3 heteroatoms. The van der Waals surface area contributed by atoms with Crippen LogP contribution in [0, 0.1) is 0 Å². The van der Waals surface area contributed by atoms with Gasteiger partial charge in [0, 0.05) is 42.4 Å². The van der Waals surface area contributed by atoms with E-state index in [0.717, 1.165) is 11.0 Å². The summed E-state index contributed by atoms with van der Waals surface area (Å²) in [5.41, 5.74) is 7.88. The van der Waals surface area contributed by atoms with Crippen LogP contribution in [0.5, 0.6) is 0 Å². The maximum absolute atomic E-state index is 3.77. The van der Waals surface area contributed by atoms with Crippen molar-refractivity contribution in [2.45, 2.75) is 12.8 Å². The van der Waals surface area contributed by atoms with Gasteiger partial charge in [-0.25, -0.2) is 0 Å². The molecular formula is C23H23BrN2. The van der Waals surface area contributed by atoms with Crippen molar-refractivity contribution in [1.82, 2.24) is 0 Å². The van der Waals surface area contributed by atoms with Crippen LogP contribution in [0.3, 0.4) is 0 Å². The number of nitrogens with zero attached hydrogens (tertiary/aromatic N) is 2. The second kappa shape index (κ2) is 6.81. The Bertz CT molecular complexity index is 901. The normalized spacial score (nSPS) is 13.3. The van der Waals surface area contributed by atoms with Crippen molar-refractivity contribution in [3.05, 3.63) is 87.9 Å². The van der Waals surface area contributed by atoms with Crippen molar-refractivity contribution in [3.63, 3.8) is 0 Å². The lowest BCUT2D eigenvalue weighted by atomic mass is 9.80. The van der Waals surface area contributed by atoms with E-state index in [1.165, 1.54) is 33.8 Å². The second-order valence-electron chi connectivity index (χ2n) is 6.90. The molecule has 0 unspecified atom stereocenters. The average Bonchev–Trinajstić information content (AvgIpc) is 2.65. The van der Waals surface area contributed by atoms with E-state index in [4.69, 9.17) is 0 Å². The van der Waals surface area contributed by atoms with Crippen LogP contribution >= 0.6 is 15.9 Å². The van der Waals surface area contributed by atoms with Crippen molar-refractivity contribution in [2.24, 2.45) is 0 Å². The topological polar surface area (TPSA) is 6.48 Å². The molecule has 0 aliphatic carbocycles. The lowest BCUT2D eigenvalue weighted by molar-refractivity contribution is 0.889. The van der Waals surface area contributed by atoms with Crippen LogP contribution in [-0.4, -0.2) is 20.6 Å². The van der Waals surface area contributed by atoms with Crippen molar-refractivity contribution >= 4 is 33.0 Å². The number of hydrogen-bond donors (Lipinski definition) is 0. The van der Waals surface area contributed by atoms with E-state index < -0.39 is 0 Å². The number of anilines is 3. The van der Waals surface area contributed by atoms with Crippen LogP contribution in [-0.2, 0) is 0 Å². The molecule has 2 nitrogen and oxygen atoms in total. The first-order valence-corrected chi connectivity index (χ1v) is 9.83. The zero-order valence-corrected chi connectivity index (χ0v) is 17.0. The second-order valence-corrected chi connectivity index (χ2v) is 7.75. The first-order chi connectivity index (χ1) is 12.6. The van der Waals surface area contributed by atoms with E-state index >= 15 is 0 Å². The third-order valence-corrected chi connectivity index (χ3v) is 5.82. The van der Waals surface area contributed by atoms with E-state index in [1.54, 1.807) is 0 Å². The van der Waals surface area contributed by atoms with Gasteiger partial charge in [-0.2, -0.15) is 0 Å². The number of fused-ring (bicyclic) bond motifs is 2. The molecule has 0 radical (unpaired) electrons. The molecule has 26 heavy (non-hydrogen) atoms. The van der Waals surface area contributed by atoms with Crippen LogP contribution in [0.25, 0.3) is 0 Å². The van der Waals surface area contributed by atoms with Gasteiger partial charge in [-0.15, -0.1) is 0 Å². The fourth-order valence-electron chi connectivity index (χ4n) is 4.02. The Morgan fingerprint density at radius 3 is 1.96 bits per heavy atom. The summed E-state index contributed by atoms with van der Waals surface area (Å²) in [6, 6.07) is 24.3. The number of benzene rings is 3. The summed E-state index contributed by atoms with van der Waals surface area (Å²) in [5.74, 6) is 0.248. The molecule has 1 heterocycles. The fraction of sp³-hybridized carbons (Fsp3) is 0.217. The van der Waals surface area contributed by atoms with Gasteiger partial charge in [0.25, 0.3) is 0 Å². The Morgan fingerprint density at radius 2 is 1.46 bits per heavy atom. The summed E-state index contributed by atoms with van der Waals surface area (Å²) in [7, 11) is 4.15. The first kappa shape index (κ1) is 17.2. The molecule has 132 valence electrons. The summed E-state index contributed by atoms with van der Waals surface area (Å²) in [6.45, 7) is 3.18. The quantitative estimate of drug-likeness (QED) is 0.513. The predicted octanol–water partition coefficient (Wildman–Crippen LogP) is 6.17. The maximum atomic E-state index is 3.77. The lowest BCUT2D eigenvalue weighted by Gasteiger charge is -2.37. The van der Waals surface area contributed by atoms with Crippen molar-refractivity contribution in [3.8, 4) is 0 Å². The Morgan fingerprint density at radius 1 is 0.885 bits per heavy atom. The predicted molar refractivity (Wildman–Crippen MR) is 115 cm³/mol. The number of hydrogen-bond acceptors (Lipinski definition) is 2. The molecule has 0 spiro atoms. The van der Waals surface area contributed by atoms with Gasteiger partial charge in [0.1, 0.15) is 0 Å². The zero-order valence-electron chi connectivity index (χ0n) is 15.4. The zero-order chi connectivity index (χ0) is 18.3. The standard InChI is InChI=1S/C23H23BrN2/c1-4-26-20-11-7-5-9-17(20)23(18-10-6-8-12-21(18)26)16-13-14-22(25(2)3)19(24)15-16/h5-15,23H,4H2,1-3H3. The highest BCUT2D eigenvalue weighted by molar-refractivity contribution is 9.10. The van der Waals surface area contributed by atoms with Crippen LogP contribution in [0.2, 0.25) is 0 Å². The van der Waals surface area contributed by atoms with Gasteiger partial charge in [-0.05, 0) is 63.8 Å². The lowest BCUT2D eigenvalue weighted by Crippen LogP contribution is -2.25.